The highest BCUT2D eigenvalue weighted by atomic mass is 16.8. The Morgan fingerprint density at radius 2 is 1.34 bits per heavy atom. The Hall–Kier alpha value is -3.75. The molecule has 0 amide bonds. The molecule has 2 aliphatic rings. The molecule has 3 aromatic rings. The van der Waals surface area contributed by atoms with E-state index in [1.54, 1.807) is 0 Å². The van der Waals surface area contributed by atoms with Crippen molar-refractivity contribution < 1.29 is 79.5 Å². The molecule has 5 rings (SSSR count). The normalized spacial score (nSPS) is 32.5. The predicted octanol–water partition coefficient (Wildman–Crippen LogP) is -2.71. The largest absolute Gasteiger partial charge is 0.508 e. The fraction of sp³-hybridized carbons (Fsp3) is 0.444. The number of benzene rings is 2. The SMILES string of the molecule is O=c1c(O[C@@H]2O[C@H](CO)[C@H](O)[C@H](O)[C@H]2O[C@@H]2O[C@H](CO)[C@@H](O)[C@H](O)[C@H]2O)c(-c2ccc(O)c(O)c2)oc2cc(O)cc(O)c12. The van der Waals surface area contributed by atoms with E-state index in [1.165, 1.54) is 6.07 Å². The minimum atomic E-state index is -1.97. The minimum absolute atomic E-state index is 0.0707. The van der Waals surface area contributed by atoms with Crippen LogP contribution in [0.25, 0.3) is 22.3 Å². The second-order valence-electron chi connectivity index (χ2n) is 10.3. The Kier molecular flexibility index (Phi) is 8.87. The quantitative estimate of drug-likeness (QED) is 0.119. The van der Waals surface area contributed by atoms with Crippen LogP contribution in [0.3, 0.4) is 0 Å². The number of fused-ring (bicyclic) bond motifs is 1. The van der Waals surface area contributed by atoms with Gasteiger partial charge in [0.2, 0.25) is 17.5 Å². The number of aromatic hydroxyl groups is 4. The highest BCUT2D eigenvalue weighted by Gasteiger charge is 2.51. The van der Waals surface area contributed by atoms with Crippen molar-refractivity contribution in [2.24, 2.45) is 0 Å². The van der Waals surface area contributed by atoms with Crippen LogP contribution < -0.4 is 10.2 Å². The van der Waals surface area contributed by atoms with E-state index in [4.69, 9.17) is 23.4 Å². The van der Waals surface area contributed by atoms with Gasteiger partial charge in [0, 0.05) is 17.7 Å². The molecule has 0 bridgehead atoms. The maximum atomic E-state index is 13.7. The van der Waals surface area contributed by atoms with Crippen molar-refractivity contribution in [2.75, 3.05) is 13.2 Å². The van der Waals surface area contributed by atoms with Crippen LogP contribution in [0, 0.1) is 0 Å². The lowest BCUT2D eigenvalue weighted by Gasteiger charge is -2.45. The van der Waals surface area contributed by atoms with Gasteiger partial charge in [-0.3, -0.25) is 4.79 Å². The molecule has 2 aromatic carbocycles. The third-order valence-corrected chi connectivity index (χ3v) is 7.35. The first-order chi connectivity index (χ1) is 20.9. The smallest absolute Gasteiger partial charge is 0.239 e. The van der Waals surface area contributed by atoms with E-state index in [9.17, 15) is 61.0 Å². The van der Waals surface area contributed by atoms with Crippen molar-refractivity contribution in [1.29, 1.82) is 0 Å². The van der Waals surface area contributed by atoms with Crippen LogP contribution in [0.5, 0.6) is 28.7 Å². The monoisotopic (exact) mass is 626 g/mol. The molecule has 10 atom stereocenters. The summed E-state index contributed by atoms with van der Waals surface area (Å²) in [5.41, 5.74) is -1.47. The highest BCUT2D eigenvalue weighted by molar-refractivity contribution is 5.88. The standard InChI is InChI=1S/C27H30O17/c28-6-14-17(34)20(37)22(39)26(41-14)44-25-21(38)18(35)15(7-29)42-27(25)43-24-19(36)16-12(33)4-9(30)5-13(16)40-23(24)8-1-2-10(31)11(32)3-8/h1-5,14-15,17-18,20-22,25-35,37-39H,6-7H2/t14-,15-,17-,18+,20+,21+,22-,25-,26+,27+/m1/s1. The number of phenols is 4. The van der Waals surface area contributed by atoms with E-state index in [0.717, 1.165) is 24.3 Å². The number of ether oxygens (including phenoxy) is 4. The van der Waals surface area contributed by atoms with Crippen LogP contribution in [0.1, 0.15) is 0 Å². The van der Waals surface area contributed by atoms with Crippen molar-refractivity contribution >= 4 is 11.0 Å². The Balaban J connectivity index is 1.61. The van der Waals surface area contributed by atoms with Crippen molar-refractivity contribution in [2.45, 2.75) is 61.4 Å². The molecule has 17 heteroatoms. The molecule has 11 N–H and O–H groups in total. The zero-order valence-electron chi connectivity index (χ0n) is 22.4. The maximum Gasteiger partial charge on any atom is 0.239 e. The van der Waals surface area contributed by atoms with E-state index in [0.29, 0.717) is 0 Å². The number of aliphatic hydroxyl groups excluding tert-OH is 7. The molecule has 3 heterocycles. The van der Waals surface area contributed by atoms with Crippen LogP contribution in [0.4, 0.5) is 0 Å². The summed E-state index contributed by atoms with van der Waals surface area (Å²) in [6, 6.07) is 5.12. The third kappa shape index (κ3) is 5.61. The average Bonchev–Trinajstić information content (AvgIpc) is 2.98. The molecule has 0 radical (unpaired) electrons. The zero-order chi connectivity index (χ0) is 32.0. The van der Waals surface area contributed by atoms with E-state index in [2.05, 4.69) is 0 Å². The van der Waals surface area contributed by atoms with E-state index in [-0.39, 0.29) is 11.1 Å². The van der Waals surface area contributed by atoms with Crippen LogP contribution in [0.2, 0.25) is 0 Å². The van der Waals surface area contributed by atoms with E-state index >= 15 is 0 Å². The number of phenolic OH excluding ortho intramolecular Hbond substituents is 4. The van der Waals surface area contributed by atoms with Gasteiger partial charge in [-0.1, -0.05) is 0 Å². The number of hydrogen-bond acceptors (Lipinski definition) is 17. The number of rotatable bonds is 7. The molecule has 44 heavy (non-hydrogen) atoms. The summed E-state index contributed by atoms with van der Waals surface area (Å²) >= 11 is 0. The Labute approximate surface area is 246 Å². The summed E-state index contributed by atoms with van der Waals surface area (Å²) in [5, 5.41) is 111. The van der Waals surface area contributed by atoms with E-state index < -0.39 is 120 Å². The minimum Gasteiger partial charge on any atom is -0.508 e. The van der Waals surface area contributed by atoms with Gasteiger partial charge in [-0.25, -0.2) is 0 Å². The predicted molar refractivity (Wildman–Crippen MR) is 142 cm³/mol. The maximum absolute atomic E-state index is 13.7. The Morgan fingerprint density at radius 1 is 0.705 bits per heavy atom. The highest BCUT2D eigenvalue weighted by Crippen LogP contribution is 2.40. The molecule has 2 saturated heterocycles. The molecule has 17 nitrogen and oxygen atoms in total. The summed E-state index contributed by atoms with van der Waals surface area (Å²) in [5.74, 6) is -3.54. The number of aliphatic hydroxyl groups is 7. The van der Waals surface area contributed by atoms with Crippen molar-refractivity contribution in [3.63, 3.8) is 0 Å². The molecule has 240 valence electrons. The molecule has 0 aliphatic carbocycles. The lowest BCUT2D eigenvalue weighted by Crippen LogP contribution is -2.65. The second-order valence-corrected chi connectivity index (χ2v) is 10.3. The van der Waals surface area contributed by atoms with Crippen molar-refractivity contribution in [3.8, 4) is 40.1 Å². The fourth-order valence-corrected chi connectivity index (χ4v) is 4.98. The van der Waals surface area contributed by atoms with Crippen molar-refractivity contribution in [1.82, 2.24) is 0 Å². The van der Waals surface area contributed by atoms with Crippen LogP contribution >= 0.6 is 0 Å². The molecule has 1 aromatic heterocycles. The molecular formula is C27H30O17. The molecule has 0 unspecified atom stereocenters. The Morgan fingerprint density at radius 3 is 1.98 bits per heavy atom. The van der Waals surface area contributed by atoms with Gasteiger partial charge in [0.15, 0.2) is 29.7 Å². The van der Waals surface area contributed by atoms with Gasteiger partial charge in [-0.05, 0) is 18.2 Å². The first-order valence-electron chi connectivity index (χ1n) is 13.2. The molecule has 0 saturated carbocycles. The summed E-state index contributed by atoms with van der Waals surface area (Å²) in [6.45, 7) is -1.68. The first-order valence-corrected chi connectivity index (χ1v) is 13.2. The average molecular weight is 627 g/mol. The van der Waals surface area contributed by atoms with Crippen LogP contribution in [-0.2, 0) is 14.2 Å². The van der Waals surface area contributed by atoms with Crippen LogP contribution in [0.15, 0.2) is 39.5 Å². The summed E-state index contributed by atoms with van der Waals surface area (Å²) in [6.07, 6.45) is -18.0. The molecule has 2 fully saturated rings. The summed E-state index contributed by atoms with van der Waals surface area (Å²) in [4.78, 5) is 13.7. The molecular weight excluding hydrogens is 596 g/mol. The van der Waals surface area contributed by atoms with Crippen LogP contribution in [-0.4, -0.2) is 131 Å². The molecule has 0 spiro atoms. The lowest BCUT2D eigenvalue weighted by atomic mass is 9.97. The van der Waals surface area contributed by atoms with Gasteiger partial charge in [0.25, 0.3) is 0 Å². The summed E-state index contributed by atoms with van der Waals surface area (Å²) in [7, 11) is 0. The fourth-order valence-electron chi connectivity index (χ4n) is 4.98. The summed E-state index contributed by atoms with van der Waals surface area (Å²) < 4.78 is 28.1. The van der Waals surface area contributed by atoms with Gasteiger partial charge < -0.3 is 79.5 Å². The Bertz CT molecular complexity index is 1560. The van der Waals surface area contributed by atoms with Gasteiger partial charge in [0.05, 0.1) is 13.2 Å². The topological polar surface area (TPSA) is 290 Å². The lowest BCUT2D eigenvalue weighted by molar-refractivity contribution is -0.358. The van der Waals surface area contributed by atoms with Gasteiger partial charge in [-0.2, -0.15) is 0 Å². The third-order valence-electron chi connectivity index (χ3n) is 7.35. The second kappa shape index (κ2) is 12.3. The van der Waals surface area contributed by atoms with E-state index in [1.807, 2.05) is 0 Å². The van der Waals surface area contributed by atoms with Crippen molar-refractivity contribution in [3.05, 3.63) is 40.6 Å². The first kappa shape index (κ1) is 31.7. The zero-order valence-corrected chi connectivity index (χ0v) is 22.4. The van der Waals surface area contributed by atoms with Gasteiger partial charge >= 0.3 is 0 Å². The number of hydrogen-bond donors (Lipinski definition) is 11. The van der Waals surface area contributed by atoms with Gasteiger partial charge in [-0.15, -0.1) is 0 Å². The van der Waals surface area contributed by atoms with Gasteiger partial charge in [0.1, 0.15) is 65.2 Å². The molecule has 2 aliphatic heterocycles.